The lowest BCUT2D eigenvalue weighted by Crippen LogP contribution is -2.44. The Morgan fingerprint density at radius 1 is 0.815 bits per heavy atom. The van der Waals surface area contributed by atoms with Gasteiger partial charge in [-0.3, -0.25) is 38.6 Å². The first-order valence-corrected chi connectivity index (χ1v) is 19.1. The van der Waals surface area contributed by atoms with E-state index in [4.69, 9.17) is 9.47 Å². The van der Waals surface area contributed by atoms with E-state index in [1.54, 1.807) is 42.0 Å². The molecule has 54 heavy (non-hydrogen) atoms. The lowest BCUT2D eigenvalue weighted by Gasteiger charge is -2.37. The Hall–Kier alpha value is -4.88. The number of piperidine rings is 2. The zero-order valence-electron chi connectivity index (χ0n) is 32.2. The van der Waals surface area contributed by atoms with Crippen LogP contribution in [0.4, 0.5) is 5.69 Å². The molecule has 4 aliphatic rings. The van der Waals surface area contributed by atoms with E-state index >= 15 is 0 Å². The second kappa shape index (κ2) is 14.1. The van der Waals surface area contributed by atoms with Gasteiger partial charge in [-0.05, 0) is 99.5 Å². The molecule has 4 aliphatic heterocycles. The van der Waals surface area contributed by atoms with E-state index < -0.39 is 11.9 Å². The molecular formula is C41H51N7O6. The Bertz CT molecular complexity index is 2220. The molecule has 1 N–H and O–H groups in total. The van der Waals surface area contributed by atoms with Crippen molar-refractivity contribution in [3.8, 4) is 22.6 Å². The summed E-state index contributed by atoms with van der Waals surface area (Å²) in [6.07, 6.45) is 4.69. The average Bonchev–Trinajstić information content (AvgIpc) is 3.83. The van der Waals surface area contributed by atoms with Gasteiger partial charge in [0.15, 0.2) is 0 Å². The summed E-state index contributed by atoms with van der Waals surface area (Å²) in [6, 6.07) is 10.1. The third-order valence-electron chi connectivity index (χ3n) is 12.8. The van der Waals surface area contributed by atoms with Gasteiger partial charge in [-0.15, -0.1) is 0 Å². The maximum atomic E-state index is 13.3. The van der Waals surface area contributed by atoms with Crippen molar-refractivity contribution < 1.29 is 19.1 Å². The zero-order valence-corrected chi connectivity index (χ0v) is 32.2. The topological polar surface area (TPSA) is 123 Å². The number of amides is 2. The van der Waals surface area contributed by atoms with E-state index in [1.165, 1.54) is 0 Å². The quantitative estimate of drug-likeness (QED) is 0.272. The van der Waals surface area contributed by atoms with Gasteiger partial charge in [0.1, 0.15) is 17.5 Å². The van der Waals surface area contributed by atoms with Gasteiger partial charge in [-0.25, -0.2) is 4.79 Å². The second-order valence-electron chi connectivity index (χ2n) is 15.8. The molecule has 2 amide bonds. The van der Waals surface area contributed by atoms with Gasteiger partial charge in [0, 0.05) is 82.3 Å². The highest BCUT2D eigenvalue weighted by Crippen LogP contribution is 2.40. The van der Waals surface area contributed by atoms with Crippen molar-refractivity contribution in [3.05, 3.63) is 74.1 Å². The molecule has 0 spiro atoms. The van der Waals surface area contributed by atoms with E-state index in [9.17, 15) is 19.2 Å². The summed E-state index contributed by atoms with van der Waals surface area (Å²) in [5.74, 6) is 2.08. The van der Waals surface area contributed by atoms with Gasteiger partial charge in [-0.2, -0.15) is 0 Å². The number of aryl methyl sites for hydroxylation is 2. The number of fused-ring (bicyclic) bond motifs is 2. The summed E-state index contributed by atoms with van der Waals surface area (Å²) in [5, 5.41) is 2.39. The first-order chi connectivity index (χ1) is 25.9. The number of nitrogens with one attached hydrogen (secondary N) is 1. The smallest absolute Gasteiger partial charge is 0.329 e. The molecule has 4 fully saturated rings. The van der Waals surface area contributed by atoms with Crippen LogP contribution in [0.15, 0.2) is 46.1 Å². The van der Waals surface area contributed by atoms with Gasteiger partial charge in [0.2, 0.25) is 11.8 Å². The molecule has 13 nitrogen and oxygen atoms in total. The van der Waals surface area contributed by atoms with Crippen LogP contribution >= 0.6 is 0 Å². The third kappa shape index (κ3) is 6.20. The SMILES string of the molecule is COc1cc(-c2cn(C)c(=O)c(C)c2C)cc(OC)c1CN1CCC(N2CC3CN(c4ccc5c(c4)n(C)c(=O)n5C4CCC(=O)NC4=O)CC3C2)CC1. The molecule has 286 valence electrons. The number of benzene rings is 2. The van der Waals surface area contributed by atoms with Crippen LogP contribution in [0.3, 0.4) is 0 Å². The highest BCUT2D eigenvalue weighted by Gasteiger charge is 2.43. The maximum Gasteiger partial charge on any atom is 0.329 e. The number of methoxy groups -OCH3 is 2. The number of aromatic nitrogens is 3. The van der Waals surface area contributed by atoms with Crippen molar-refractivity contribution in [2.75, 3.05) is 58.4 Å². The molecular weight excluding hydrogens is 686 g/mol. The summed E-state index contributed by atoms with van der Waals surface area (Å²) in [4.78, 5) is 57.8. The first-order valence-electron chi connectivity index (χ1n) is 19.1. The van der Waals surface area contributed by atoms with Crippen molar-refractivity contribution in [2.45, 2.75) is 58.2 Å². The lowest BCUT2D eigenvalue weighted by atomic mass is 9.96. The van der Waals surface area contributed by atoms with Crippen molar-refractivity contribution in [2.24, 2.45) is 25.9 Å². The van der Waals surface area contributed by atoms with Crippen molar-refractivity contribution in [3.63, 3.8) is 0 Å². The zero-order chi connectivity index (χ0) is 38.0. The predicted molar refractivity (Wildman–Crippen MR) is 207 cm³/mol. The fourth-order valence-corrected chi connectivity index (χ4v) is 9.55. The fraction of sp³-hybridized carbons (Fsp3) is 0.512. The highest BCUT2D eigenvalue weighted by atomic mass is 16.5. The Kier molecular flexibility index (Phi) is 9.41. The summed E-state index contributed by atoms with van der Waals surface area (Å²) < 4.78 is 16.7. The Morgan fingerprint density at radius 2 is 1.48 bits per heavy atom. The first kappa shape index (κ1) is 36.1. The van der Waals surface area contributed by atoms with Gasteiger partial charge < -0.3 is 18.9 Å². The van der Waals surface area contributed by atoms with Crippen LogP contribution in [0.25, 0.3) is 22.2 Å². The number of likely N-dealkylation sites (tertiary alicyclic amines) is 2. The number of rotatable bonds is 8. The van der Waals surface area contributed by atoms with Crippen LogP contribution in [0.5, 0.6) is 11.5 Å². The molecule has 0 bridgehead atoms. The van der Waals surface area contributed by atoms with Gasteiger partial charge in [0.05, 0.1) is 30.8 Å². The second-order valence-corrected chi connectivity index (χ2v) is 15.8. The van der Waals surface area contributed by atoms with Gasteiger partial charge in [-0.1, -0.05) is 0 Å². The summed E-state index contributed by atoms with van der Waals surface area (Å²) in [7, 11) is 6.95. The summed E-state index contributed by atoms with van der Waals surface area (Å²) >= 11 is 0. The highest BCUT2D eigenvalue weighted by molar-refractivity contribution is 6.00. The molecule has 6 heterocycles. The molecule has 0 radical (unpaired) electrons. The van der Waals surface area contributed by atoms with Crippen LogP contribution in [0, 0.1) is 25.7 Å². The number of nitrogens with zero attached hydrogens (tertiary/aromatic N) is 6. The summed E-state index contributed by atoms with van der Waals surface area (Å²) in [6.45, 7) is 10.8. The number of carbonyl (C=O) groups is 2. The number of ether oxygens (including phenoxy) is 2. The molecule has 2 aromatic carbocycles. The number of anilines is 1. The minimum atomic E-state index is -0.681. The van der Waals surface area contributed by atoms with Crippen molar-refractivity contribution in [1.82, 2.24) is 28.8 Å². The predicted octanol–water partition coefficient (Wildman–Crippen LogP) is 3.35. The van der Waals surface area contributed by atoms with Gasteiger partial charge >= 0.3 is 5.69 Å². The molecule has 4 aromatic rings. The van der Waals surface area contributed by atoms with Crippen LogP contribution in [-0.2, 0) is 30.2 Å². The monoisotopic (exact) mass is 737 g/mol. The maximum absolute atomic E-state index is 13.3. The average molecular weight is 738 g/mol. The minimum Gasteiger partial charge on any atom is -0.496 e. The molecule has 2 aromatic heterocycles. The van der Waals surface area contributed by atoms with E-state index in [-0.39, 0.29) is 23.6 Å². The number of hydrogen-bond acceptors (Lipinski definition) is 9. The molecule has 0 saturated carbocycles. The molecule has 3 atom stereocenters. The number of pyridine rings is 1. The molecule has 0 aliphatic carbocycles. The molecule has 3 unspecified atom stereocenters. The largest absolute Gasteiger partial charge is 0.496 e. The number of hydrogen-bond donors (Lipinski definition) is 1. The Labute approximate surface area is 315 Å². The van der Waals surface area contributed by atoms with Crippen LogP contribution < -0.4 is 30.9 Å². The number of imidazole rings is 1. The van der Waals surface area contributed by atoms with Crippen LogP contribution in [0.2, 0.25) is 0 Å². The van der Waals surface area contributed by atoms with Crippen molar-refractivity contribution in [1.29, 1.82) is 0 Å². The normalized spacial score (nSPS) is 22.6. The van der Waals surface area contributed by atoms with Crippen LogP contribution in [-0.4, -0.2) is 94.8 Å². The molecule has 4 saturated heterocycles. The third-order valence-corrected chi connectivity index (χ3v) is 12.8. The lowest BCUT2D eigenvalue weighted by molar-refractivity contribution is -0.135. The van der Waals surface area contributed by atoms with Gasteiger partial charge in [0.25, 0.3) is 5.56 Å². The van der Waals surface area contributed by atoms with E-state index in [0.717, 1.165) is 115 Å². The number of imide groups is 1. The van der Waals surface area contributed by atoms with Crippen molar-refractivity contribution >= 4 is 28.5 Å². The minimum absolute atomic E-state index is 0.0138. The van der Waals surface area contributed by atoms with E-state index in [2.05, 4.69) is 44.3 Å². The molecule has 13 heteroatoms. The fourth-order valence-electron chi connectivity index (χ4n) is 9.55. The van der Waals surface area contributed by atoms with Crippen LogP contribution in [0.1, 0.15) is 48.4 Å². The standard InChI is InChI=1S/C41H51N7O6/c1-24-25(2)40(51)43(3)22-31(24)26-15-36(53-5)32(37(16-26)54-6)23-45-13-11-29(12-14-45)46-18-27-20-47(21-28(27)19-46)30-7-8-33-35(17-30)44(4)41(52)48(33)34-9-10-38(49)42-39(34)50/h7-8,15-17,22,27-29,34H,9-14,18-21,23H2,1-6H3,(H,42,49,50). The van der Waals surface area contributed by atoms with E-state index in [0.29, 0.717) is 24.3 Å². The Morgan fingerprint density at radius 3 is 2.11 bits per heavy atom. The Balaban J connectivity index is 0.895. The van der Waals surface area contributed by atoms with E-state index in [1.807, 2.05) is 26.1 Å². The summed E-state index contributed by atoms with van der Waals surface area (Å²) in [5.41, 5.74) is 7.11. The molecule has 8 rings (SSSR count). The number of carbonyl (C=O) groups excluding carboxylic acids is 2.